The van der Waals surface area contributed by atoms with Crippen molar-refractivity contribution in [2.45, 2.75) is 18.9 Å². The first kappa shape index (κ1) is 14.7. The van der Waals surface area contributed by atoms with Gasteiger partial charge in [-0.15, -0.1) is 0 Å². The minimum absolute atomic E-state index is 0.542. The first-order valence-corrected chi connectivity index (χ1v) is 8.92. The molecule has 2 aliphatic heterocycles. The van der Waals surface area contributed by atoms with Crippen LogP contribution in [0.3, 0.4) is 0 Å². The van der Waals surface area contributed by atoms with E-state index < -0.39 is 0 Å². The summed E-state index contributed by atoms with van der Waals surface area (Å²) < 4.78 is 7.84. The second-order valence-corrected chi connectivity index (χ2v) is 6.73. The Morgan fingerprint density at radius 1 is 1.20 bits per heavy atom. The molecule has 0 radical (unpaired) electrons. The second-order valence-electron chi connectivity index (χ2n) is 6.73. The lowest BCUT2D eigenvalue weighted by molar-refractivity contribution is 0.201. The van der Waals surface area contributed by atoms with Crippen molar-refractivity contribution in [3.05, 3.63) is 42.7 Å². The highest BCUT2D eigenvalue weighted by Crippen LogP contribution is 2.28. The standard InChI is InChI=1S/C19H21N5O/c1-3-14-11-16(5-1)25-10-9-23-7-2-4-15(23)12-20-18-6-8-24-19(22-18)17(14)13-21-24/h1,3,5-6,8,11,13,15H,2,4,7,9-10,12H2,(H,20,22). The molecular weight excluding hydrogens is 314 g/mol. The number of hydrogen-bond acceptors (Lipinski definition) is 5. The number of benzene rings is 1. The Labute approximate surface area is 146 Å². The summed E-state index contributed by atoms with van der Waals surface area (Å²) in [5, 5.41) is 7.95. The van der Waals surface area contributed by atoms with Gasteiger partial charge in [0.25, 0.3) is 0 Å². The predicted molar refractivity (Wildman–Crippen MR) is 97.0 cm³/mol. The molecule has 6 heteroatoms. The summed E-state index contributed by atoms with van der Waals surface area (Å²) in [5.74, 6) is 1.81. The van der Waals surface area contributed by atoms with Gasteiger partial charge in [0.2, 0.25) is 0 Å². The average Bonchev–Trinajstić information content (AvgIpc) is 3.26. The SMILES string of the molecule is c1cc2cc(c1)-c1cnn3ccc(nc13)NCC1CCCN1CCO2. The maximum Gasteiger partial charge on any atom is 0.165 e. The summed E-state index contributed by atoms with van der Waals surface area (Å²) >= 11 is 0. The molecular formula is C19H21N5O. The fraction of sp³-hybridized carbons (Fsp3) is 0.368. The molecule has 1 saturated heterocycles. The number of nitrogens with zero attached hydrogens (tertiary/aromatic N) is 4. The molecule has 4 heterocycles. The van der Waals surface area contributed by atoms with Gasteiger partial charge in [0, 0.05) is 30.9 Å². The highest BCUT2D eigenvalue weighted by Gasteiger charge is 2.24. The topological polar surface area (TPSA) is 54.7 Å². The minimum Gasteiger partial charge on any atom is -0.492 e. The summed E-state index contributed by atoms with van der Waals surface area (Å²) in [5.41, 5.74) is 2.96. The molecule has 25 heavy (non-hydrogen) atoms. The summed E-state index contributed by atoms with van der Waals surface area (Å²) in [6.45, 7) is 3.74. The van der Waals surface area contributed by atoms with Gasteiger partial charge in [0.05, 0.1) is 6.20 Å². The molecule has 6 nitrogen and oxygen atoms in total. The molecule has 0 spiro atoms. The zero-order valence-electron chi connectivity index (χ0n) is 14.1. The number of rotatable bonds is 0. The van der Waals surface area contributed by atoms with Crippen molar-refractivity contribution in [3.8, 4) is 16.9 Å². The predicted octanol–water partition coefficient (Wildman–Crippen LogP) is 2.67. The zero-order chi connectivity index (χ0) is 16.6. The van der Waals surface area contributed by atoms with Gasteiger partial charge in [-0.25, -0.2) is 9.50 Å². The Balaban J connectivity index is 1.59. The lowest BCUT2D eigenvalue weighted by Gasteiger charge is -2.25. The molecule has 2 aromatic heterocycles. The molecule has 0 saturated carbocycles. The fourth-order valence-corrected chi connectivity index (χ4v) is 3.85. The van der Waals surface area contributed by atoms with Crippen LogP contribution in [0, 0.1) is 0 Å². The van der Waals surface area contributed by atoms with Crippen LogP contribution in [0.1, 0.15) is 12.8 Å². The average molecular weight is 335 g/mol. The molecule has 128 valence electrons. The van der Waals surface area contributed by atoms with E-state index in [0.29, 0.717) is 12.6 Å². The van der Waals surface area contributed by atoms with Crippen LogP contribution in [0.25, 0.3) is 16.8 Å². The molecule has 1 unspecified atom stereocenters. The Hall–Kier alpha value is -2.60. The van der Waals surface area contributed by atoms with E-state index in [-0.39, 0.29) is 0 Å². The molecule has 0 aliphatic carbocycles. The Morgan fingerprint density at radius 3 is 3.20 bits per heavy atom. The molecule has 5 rings (SSSR count). The lowest BCUT2D eigenvalue weighted by Crippen LogP contribution is -2.37. The molecule has 2 aliphatic rings. The lowest BCUT2D eigenvalue weighted by atomic mass is 10.1. The monoisotopic (exact) mass is 335 g/mol. The van der Waals surface area contributed by atoms with Crippen molar-refractivity contribution >= 4 is 11.5 Å². The molecule has 1 fully saturated rings. The highest BCUT2D eigenvalue weighted by molar-refractivity contribution is 5.78. The first-order valence-electron chi connectivity index (χ1n) is 8.92. The molecule has 0 amide bonds. The fourth-order valence-electron chi connectivity index (χ4n) is 3.85. The number of nitrogens with one attached hydrogen (secondary N) is 1. The van der Waals surface area contributed by atoms with Gasteiger partial charge in [-0.3, -0.25) is 4.90 Å². The van der Waals surface area contributed by atoms with E-state index in [1.807, 2.05) is 35.1 Å². The van der Waals surface area contributed by atoms with E-state index in [9.17, 15) is 0 Å². The summed E-state index contributed by atoms with van der Waals surface area (Å²) in [7, 11) is 0. The second kappa shape index (κ2) is 6.04. The first-order chi connectivity index (χ1) is 12.4. The summed E-state index contributed by atoms with van der Waals surface area (Å²) in [6.07, 6.45) is 6.31. The third-order valence-corrected chi connectivity index (χ3v) is 5.18. The number of fused-ring (bicyclic) bond motifs is 5. The van der Waals surface area contributed by atoms with Crippen molar-refractivity contribution in [1.82, 2.24) is 19.5 Å². The molecule has 4 bridgehead atoms. The minimum atomic E-state index is 0.542. The van der Waals surface area contributed by atoms with Gasteiger partial charge >= 0.3 is 0 Å². The van der Waals surface area contributed by atoms with E-state index in [2.05, 4.69) is 27.4 Å². The van der Waals surface area contributed by atoms with Crippen molar-refractivity contribution in [2.24, 2.45) is 0 Å². The Bertz CT molecular complexity index is 906. The van der Waals surface area contributed by atoms with Crippen molar-refractivity contribution in [2.75, 3.05) is 31.6 Å². The molecule has 1 atom stereocenters. The van der Waals surface area contributed by atoms with Gasteiger partial charge < -0.3 is 10.1 Å². The number of ether oxygens (including phenoxy) is 1. The highest BCUT2D eigenvalue weighted by atomic mass is 16.5. The van der Waals surface area contributed by atoms with Crippen LogP contribution >= 0.6 is 0 Å². The van der Waals surface area contributed by atoms with Crippen molar-refractivity contribution in [1.29, 1.82) is 0 Å². The Morgan fingerprint density at radius 2 is 2.20 bits per heavy atom. The van der Waals surface area contributed by atoms with Crippen LogP contribution in [0.4, 0.5) is 5.82 Å². The third-order valence-electron chi connectivity index (χ3n) is 5.18. The molecule has 3 aromatic rings. The molecule has 1 N–H and O–H groups in total. The van der Waals surface area contributed by atoms with Gasteiger partial charge in [0.1, 0.15) is 18.2 Å². The van der Waals surface area contributed by atoms with Crippen LogP contribution in [0.15, 0.2) is 42.7 Å². The van der Waals surface area contributed by atoms with E-state index in [4.69, 9.17) is 9.72 Å². The van der Waals surface area contributed by atoms with Crippen LogP contribution in [-0.2, 0) is 0 Å². The number of anilines is 1. The van der Waals surface area contributed by atoms with E-state index in [0.717, 1.165) is 48.0 Å². The number of aromatic nitrogens is 3. The van der Waals surface area contributed by atoms with E-state index >= 15 is 0 Å². The van der Waals surface area contributed by atoms with Gasteiger partial charge in [-0.2, -0.15) is 5.10 Å². The zero-order valence-corrected chi connectivity index (χ0v) is 14.1. The van der Waals surface area contributed by atoms with Crippen LogP contribution in [-0.4, -0.2) is 51.8 Å². The van der Waals surface area contributed by atoms with Gasteiger partial charge in [-0.05, 0) is 43.1 Å². The summed E-state index contributed by atoms with van der Waals surface area (Å²) in [6, 6.07) is 10.7. The summed E-state index contributed by atoms with van der Waals surface area (Å²) in [4.78, 5) is 7.32. The van der Waals surface area contributed by atoms with Crippen molar-refractivity contribution in [3.63, 3.8) is 0 Å². The van der Waals surface area contributed by atoms with Crippen LogP contribution in [0.5, 0.6) is 5.75 Å². The normalized spacial score (nSPS) is 20.7. The molecule has 1 aromatic carbocycles. The van der Waals surface area contributed by atoms with Crippen LogP contribution in [0.2, 0.25) is 0 Å². The maximum absolute atomic E-state index is 6.02. The van der Waals surface area contributed by atoms with E-state index in [1.54, 1.807) is 0 Å². The smallest absolute Gasteiger partial charge is 0.165 e. The van der Waals surface area contributed by atoms with Crippen molar-refractivity contribution < 1.29 is 4.74 Å². The maximum atomic E-state index is 6.02. The van der Waals surface area contributed by atoms with Crippen LogP contribution < -0.4 is 10.1 Å². The third kappa shape index (κ3) is 2.72. The van der Waals surface area contributed by atoms with E-state index in [1.165, 1.54) is 12.8 Å². The van der Waals surface area contributed by atoms with Gasteiger partial charge in [-0.1, -0.05) is 12.1 Å². The number of hydrogen-bond donors (Lipinski definition) is 1. The Kier molecular flexibility index (Phi) is 3.56. The largest absolute Gasteiger partial charge is 0.492 e. The van der Waals surface area contributed by atoms with Gasteiger partial charge in [0.15, 0.2) is 5.65 Å². The quantitative estimate of drug-likeness (QED) is 0.684.